The number of aromatic amines is 1. The van der Waals surface area contributed by atoms with Gasteiger partial charge in [-0.2, -0.15) is 0 Å². The Labute approximate surface area is 164 Å². The number of nitrogens with zero attached hydrogens (tertiary/aromatic N) is 3. The van der Waals surface area contributed by atoms with E-state index in [1.165, 1.54) is 12.0 Å². The lowest BCUT2D eigenvalue weighted by Crippen LogP contribution is -2.43. The van der Waals surface area contributed by atoms with Gasteiger partial charge in [0.2, 0.25) is 0 Å². The monoisotopic (exact) mass is 378 g/mol. The molecule has 0 radical (unpaired) electrons. The first-order valence-electron chi connectivity index (χ1n) is 9.83. The molecule has 4 heterocycles. The maximum atomic E-state index is 12.3. The molecule has 0 amide bonds. The van der Waals surface area contributed by atoms with Crippen LogP contribution in [0.1, 0.15) is 12.0 Å². The van der Waals surface area contributed by atoms with Gasteiger partial charge < -0.3 is 19.2 Å². The van der Waals surface area contributed by atoms with Crippen molar-refractivity contribution in [2.45, 2.75) is 25.0 Å². The van der Waals surface area contributed by atoms with Gasteiger partial charge in [0, 0.05) is 67.7 Å². The molecule has 2 saturated heterocycles. The second kappa shape index (κ2) is 6.50. The molecule has 0 saturated carbocycles. The Morgan fingerprint density at radius 3 is 2.75 bits per heavy atom. The van der Waals surface area contributed by atoms with Gasteiger partial charge in [0.05, 0.1) is 7.11 Å². The third-order valence-corrected chi connectivity index (χ3v) is 6.49. The molecular formula is C22H26N4O2. The summed E-state index contributed by atoms with van der Waals surface area (Å²) in [5.74, 6) is 0.908. The Balaban J connectivity index is 1.49. The van der Waals surface area contributed by atoms with Crippen molar-refractivity contribution in [3.05, 3.63) is 52.6 Å². The lowest BCUT2D eigenvalue weighted by atomic mass is 10.0. The van der Waals surface area contributed by atoms with Crippen LogP contribution in [-0.2, 0) is 13.6 Å². The zero-order valence-electron chi connectivity index (χ0n) is 16.6. The number of aryl methyl sites for hydroxylation is 1. The summed E-state index contributed by atoms with van der Waals surface area (Å²) >= 11 is 0. The highest BCUT2D eigenvalue weighted by molar-refractivity contribution is 5.94. The van der Waals surface area contributed by atoms with Gasteiger partial charge in [-0.3, -0.25) is 9.69 Å². The van der Waals surface area contributed by atoms with Crippen LogP contribution in [0.5, 0.6) is 5.75 Å². The molecular weight excluding hydrogens is 352 g/mol. The topological polar surface area (TPSA) is 53.5 Å². The zero-order valence-corrected chi connectivity index (χ0v) is 16.6. The second-order valence-electron chi connectivity index (χ2n) is 8.16. The van der Waals surface area contributed by atoms with Crippen molar-refractivity contribution in [2.75, 3.05) is 27.2 Å². The number of H-pyrrole nitrogens is 1. The predicted molar refractivity (Wildman–Crippen MR) is 111 cm³/mol. The van der Waals surface area contributed by atoms with Crippen LogP contribution in [0.2, 0.25) is 0 Å². The Bertz CT molecular complexity index is 1100. The van der Waals surface area contributed by atoms with E-state index in [1.54, 1.807) is 18.7 Å². The number of likely N-dealkylation sites (N-methyl/N-ethyl adjacent to an activating group) is 1. The highest BCUT2D eigenvalue weighted by Crippen LogP contribution is 2.35. The highest BCUT2D eigenvalue weighted by atomic mass is 16.5. The van der Waals surface area contributed by atoms with E-state index in [0.29, 0.717) is 17.6 Å². The smallest absolute Gasteiger partial charge is 0.274 e. The maximum absolute atomic E-state index is 12.3. The highest BCUT2D eigenvalue weighted by Gasteiger charge is 2.41. The molecule has 28 heavy (non-hydrogen) atoms. The Kier molecular flexibility index (Phi) is 4.07. The number of hydrogen-bond donors (Lipinski definition) is 1. The number of fused-ring (bicyclic) bond motifs is 3. The van der Waals surface area contributed by atoms with Crippen LogP contribution in [0.4, 0.5) is 0 Å². The third kappa shape index (κ3) is 2.67. The fourth-order valence-electron chi connectivity index (χ4n) is 4.90. The number of ether oxygens (including phenoxy) is 1. The summed E-state index contributed by atoms with van der Waals surface area (Å²) in [5.41, 5.74) is 3.94. The van der Waals surface area contributed by atoms with Crippen molar-refractivity contribution in [2.24, 2.45) is 7.05 Å². The van der Waals surface area contributed by atoms with Gasteiger partial charge in [-0.05, 0) is 31.2 Å². The molecule has 3 aromatic rings. The molecule has 2 fully saturated rings. The lowest BCUT2D eigenvalue weighted by Gasteiger charge is -2.32. The Morgan fingerprint density at radius 2 is 2.04 bits per heavy atom. The van der Waals surface area contributed by atoms with Crippen molar-refractivity contribution < 1.29 is 4.74 Å². The average Bonchev–Trinajstić information content (AvgIpc) is 3.41. The van der Waals surface area contributed by atoms with Crippen LogP contribution >= 0.6 is 0 Å². The van der Waals surface area contributed by atoms with E-state index in [9.17, 15) is 4.79 Å². The van der Waals surface area contributed by atoms with Gasteiger partial charge >= 0.3 is 0 Å². The molecule has 0 spiro atoms. The van der Waals surface area contributed by atoms with Crippen LogP contribution in [-0.4, -0.2) is 58.7 Å². The quantitative estimate of drug-likeness (QED) is 0.758. The molecule has 5 rings (SSSR count). The molecule has 1 N–H and O–H groups in total. The Morgan fingerprint density at radius 1 is 1.18 bits per heavy atom. The van der Waals surface area contributed by atoms with Gasteiger partial charge in [-0.15, -0.1) is 0 Å². The second-order valence-corrected chi connectivity index (χ2v) is 8.16. The van der Waals surface area contributed by atoms with Crippen LogP contribution in [0.3, 0.4) is 0 Å². The van der Waals surface area contributed by atoms with E-state index >= 15 is 0 Å². The predicted octanol–water partition coefficient (Wildman–Crippen LogP) is 2.43. The van der Waals surface area contributed by atoms with Crippen molar-refractivity contribution in [3.8, 4) is 16.9 Å². The van der Waals surface area contributed by atoms with Crippen molar-refractivity contribution in [1.29, 1.82) is 0 Å². The minimum atomic E-state index is -0.0126. The molecule has 2 aromatic heterocycles. The summed E-state index contributed by atoms with van der Waals surface area (Å²) in [4.78, 5) is 20.5. The zero-order chi connectivity index (χ0) is 19.4. The molecule has 1 aromatic carbocycles. The number of benzene rings is 1. The van der Waals surface area contributed by atoms with Crippen LogP contribution in [0, 0.1) is 0 Å². The molecule has 0 aliphatic carbocycles. The van der Waals surface area contributed by atoms with Crippen LogP contribution < -0.4 is 10.3 Å². The molecule has 2 atom stereocenters. The number of piperazine rings is 1. The number of rotatable bonds is 4. The minimum Gasteiger partial charge on any atom is -0.496 e. The molecule has 1 unspecified atom stereocenters. The summed E-state index contributed by atoms with van der Waals surface area (Å²) in [6.07, 6.45) is 5.00. The average molecular weight is 378 g/mol. The number of nitrogens with one attached hydrogen (secondary N) is 1. The number of hydrogen-bond acceptors (Lipinski definition) is 4. The normalized spacial score (nSPS) is 22.4. The van der Waals surface area contributed by atoms with E-state index < -0.39 is 0 Å². The molecule has 2 aliphatic rings. The summed E-state index contributed by atoms with van der Waals surface area (Å²) in [6, 6.07) is 9.73. The SMILES string of the molecule is COc1cc(-c2cn(C)c(=O)c3[nH]ccc23)ccc1CN1C[C@H]2CC1CN2C. The van der Waals surface area contributed by atoms with Crippen LogP contribution in [0.15, 0.2) is 41.5 Å². The molecule has 6 heteroatoms. The number of likely N-dealkylation sites (tertiary alicyclic amines) is 2. The summed E-state index contributed by atoms with van der Waals surface area (Å²) in [7, 11) is 5.75. The van der Waals surface area contributed by atoms with Gasteiger partial charge in [0.15, 0.2) is 0 Å². The van der Waals surface area contributed by atoms with Gasteiger partial charge in [-0.1, -0.05) is 12.1 Å². The fraction of sp³-hybridized carbons (Fsp3) is 0.409. The van der Waals surface area contributed by atoms with Gasteiger partial charge in [-0.25, -0.2) is 0 Å². The minimum absolute atomic E-state index is 0.0126. The Hall–Kier alpha value is -2.57. The van der Waals surface area contributed by atoms with E-state index in [2.05, 4.69) is 40.0 Å². The lowest BCUT2D eigenvalue weighted by molar-refractivity contribution is 0.142. The number of pyridine rings is 1. The van der Waals surface area contributed by atoms with E-state index in [-0.39, 0.29) is 5.56 Å². The van der Waals surface area contributed by atoms with Gasteiger partial charge in [0.1, 0.15) is 11.3 Å². The van der Waals surface area contributed by atoms with Crippen molar-refractivity contribution >= 4 is 10.9 Å². The van der Waals surface area contributed by atoms with Crippen molar-refractivity contribution in [1.82, 2.24) is 19.4 Å². The molecule has 2 bridgehead atoms. The third-order valence-electron chi connectivity index (χ3n) is 6.49. The van der Waals surface area contributed by atoms with Crippen molar-refractivity contribution in [3.63, 3.8) is 0 Å². The summed E-state index contributed by atoms with van der Waals surface area (Å²) < 4.78 is 7.38. The first-order valence-corrected chi connectivity index (χ1v) is 9.83. The van der Waals surface area contributed by atoms with Crippen LogP contribution in [0.25, 0.3) is 22.0 Å². The van der Waals surface area contributed by atoms with E-state index in [0.717, 1.165) is 41.9 Å². The van der Waals surface area contributed by atoms with E-state index in [1.807, 2.05) is 18.5 Å². The first kappa shape index (κ1) is 17.5. The first-order chi connectivity index (χ1) is 13.5. The molecule has 146 valence electrons. The molecule has 2 aliphatic heterocycles. The summed E-state index contributed by atoms with van der Waals surface area (Å²) in [6.45, 7) is 3.22. The number of aromatic nitrogens is 2. The summed E-state index contributed by atoms with van der Waals surface area (Å²) in [5, 5.41) is 0.942. The fourth-order valence-corrected chi connectivity index (χ4v) is 4.90. The largest absolute Gasteiger partial charge is 0.496 e. The standard InChI is InChI=1S/C22H26N4O2/c1-24-11-17-9-16(24)12-26(17)10-15-5-4-14(8-20(15)28-3)19-13-25(2)22(27)21-18(19)6-7-23-21/h4-8,13,16-17,23H,9-12H2,1-3H3/t16-,17?/m1/s1. The van der Waals surface area contributed by atoms with E-state index in [4.69, 9.17) is 4.74 Å². The van der Waals surface area contributed by atoms with Gasteiger partial charge in [0.25, 0.3) is 5.56 Å². The number of methoxy groups -OCH3 is 1. The molecule has 6 nitrogen and oxygen atoms in total. The maximum Gasteiger partial charge on any atom is 0.274 e.